The largest absolute Gasteiger partial charge is 0.481 e. The van der Waals surface area contributed by atoms with Gasteiger partial charge in [0.05, 0.1) is 5.92 Å². The fourth-order valence-electron chi connectivity index (χ4n) is 3.26. The van der Waals surface area contributed by atoms with Crippen molar-refractivity contribution in [2.75, 3.05) is 18.0 Å². The summed E-state index contributed by atoms with van der Waals surface area (Å²) in [5, 5.41) is 14.7. The Morgan fingerprint density at radius 1 is 1.12 bits per heavy atom. The number of aliphatic carboxylic acids is 1. The molecule has 3 amide bonds. The molecule has 3 rings (SSSR count). The van der Waals surface area contributed by atoms with Crippen LogP contribution in [0.25, 0.3) is 0 Å². The van der Waals surface area contributed by atoms with Crippen molar-refractivity contribution >= 4 is 23.6 Å². The van der Waals surface area contributed by atoms with Crippen LogP contribution in [-0.2, 0) is 4.79 Å². The highest BCUT2D eigenvalue weighted by Gasteiger charge is 2.27. The van der Waals surface area contributed by atoms with E-state index >= 15 is 0 Å². The van der Waals surface area contributed by atoms with Crippen molar-refractivity contribution in [3.63, 3.8) is 0 Å². The average molecular weight is 331 g/mol. The number of nitrogens with zero attached hydrogens (tertiary/aromatic N) is 1. The number of carboxylic acids is 1. The molecule has 1 aromatic carbocycles. The molecule has 24 heavy (non-hydrogen) atoms. The molecule has 1 aliphatic heterocycles. The van der Waals surface area contributed by atoms with Crippen LogP contribution in [0, 0.1) is 5.92 Å². The lowest BCUT2D eigenvalue weighted by Gasteiger charge is -2.26. The Balaban J connectivity index is 1.56. The van der Waals surface area contributed by atoms with E-state index < -0.39 is 5.97 Å². The fraction of sp³-hybridized carbons (Fsp3) is 0.471. The van der Waals surface area contributed by atoms with Gasteiger partial charge in [0.15, 0.2) is 0 Å². The van der Waals surface area contributed by atoms with Gasteiger partial charge in [0.2, 0.25) is 0 Å². The number of hydrogen-bond acceptors (Lipinski definition) is 3. The maximum atomic E-state index is 12.3. The minimum Gasteiger partial charge on any atom is -0.481 e. The summed E-state index contributed by atoms with van der Waals surface area (Å²) in [6.45, 7) is 1.25. The van der Waals surface area contributed by atoms with Crippen molar-refractivity contribution in [1.82, 2.24) is 10.6 Å². The van der Waals surface area contributed by atoms with Gasteiger partial charge in [0, 0.05) is 30.4 Å². The molecule has 128 valence electrons. The molecule has 0 unspecified atom stereocenters. The van der Waals surface area contributed by atoms with Gasteiger partial charge in [0.1, 0.15) is 0 Å². The predicted octanol–water partition coefficient (Wildman–Crippen LogP) is 1.59. The van der Waals surface area contributed by atoms with Crippen LogP contribution >= 0.6 is 0 Å². The van der Waals surface area contributed by atoms with Crippen molar-refractivity contribution in [2.45, 2.75) is 31.7 Å². The van der Waals surface area contributed by atoms with E-state index in [1.165, 1.54) is 0 Å². The molecule has 1 saturated carbocycles. The van der Waals surface area contributed by atoms with E-state index in [0.29, 0.717) is 44.3 Å². The third kappa shape index (κ3) is 3.50. The summed E-state index contributed by atoms with van der Waals surface area (Å²) >= 11 is 0. The van der Waals surface area contributed by atoms with Crippen LogP contribution < -0.4 is 15.5 Å². The van der Waals surface area contributed by atoms with Crippen molar-refractivity contribution < 1.29 is 19.5 Å². The zero-order valence-corrected chi connectivity index (χ0v) is 13.3. The first kappa shape index (κ1) is 16.3. The summed E-state index contributed by atoms with van der Waals surface area (Å²) in [5.74, 6) is -1.20. The van der Waals surface area contributed by atoms with E-state index in [1.54, 1.807) is 29.2 Å². The molecule has 0 spiro atoms. The molecular formula is C17H21N3O4. The molecule has 0 bridgehead atoms. The molecule has 0 atom stereocenters. The summed E-state index contributed by atoms with van der Waals surface area (Å²) < 4.78 is 0. The Morgan fingerprint density at radius 2 is 1.79 bits per heavy atom. The molecular weight excluding hydrogens is 310 g/mol. The highest BCUT2D eigenvalue weighted by molar-refractivity contribution is 5.97. The molecule has 7 nitrogen and oxygen atoms in total. The topological polar surface area (TPSA) is 98.7 Å². The lowest BCUT2D eigenvalue weighted by molar-refractivity contribution is -0.142. The SMILES string of the molecule is O=C(NC1CCC(C(=O)O)CC1)c1ccc(N2CCNC2=O)cc1. The molecule has 1 aliphatic carbocycles. The minimum absolute atomic E-state index is 0.0251. The van der Waals surface area contributed by atoms with Gasteiger partial charge in [0.25, 0.3) is 5.91 Å². The van der Waals surface area contributed by atoms with Gasteiger partial charge in [-0.3, -0.25) is 14.5 Å². The first-order valence-electron chi connectivity index (χ1n) is 8.23. The lowest BCUT2D eigenvalue weighted by atomic mass is 9.86. The number of carbonyl (C=O) groups is 3. The molecule has 3 N–H and O–H groups in total. The van der Waals surface area contributed by atoms with Gasteiger partial charge < -0.3 is 15.7 Å². The van der Waals surface area contributed by atoms with Crippen LogP contribution in [0.5, 0.6) is 0 Å². The van der Waals surface area contributed by atoms with E-state index in [-0.39, 0.29) is 23.9 Å². The van der Waals surface area contributed by atoms with Gasteiger partial charge in [-0.1, -0.05) is 0 Å². The zero-order chi connectivity index (χ0) is 17.1. The third-order valence-corrected chi connectivity index (χ3v) is 4.71. The van der Waals surface area contributed by atoms with Crippen LogP contribution in [0.1, 0.15) is 36.0 Å². The van der Waals surface area contributed by atoms with Crippen LogP contribution in [0.4, 0.5) is 10.5 Å². The Morgan fingerprint density at radius 3 is 2.33 bits per heavy atom. The molecule has 1 aromatic rings. The number of carbonyl (C=O) groups excluding carboxylic acids is 2. The monoisotopic (exact) mass is 331 g/mol. The standard InChI is InChI=1S/C17H21N3O4/c21-15(19-13-5-1-12(2-6-13)16(22)23)11-3-7-14(8-4-11)20-10-9-18-17(20)24/h3-4,7-8,12-13H,1-2,5-6,9-10H2,(H,18,24)(H,19,21)(H,22,23). The summed E-state index contributed by atoms with van der Waals surface area (Å²) in [6, 6.07) is 6.85. The number of urea groups is 1. The number of rotatable bonds is 4. The molecule has 0 radical (unpaired) electrons. The second-order valence-electron chi connectivity index (χ2n) is 6.29. The van der Waals surface area contributed by atoms with Crippen LogP contribution in [0.3, 0.4) is 0 Å². The predicted molar refractivity (Wildman–Crippen MR) is 88.0 cm³/mol. The van der Waals surface area contributed by atoms with Crippen LogP contribution in [-0.4, -0.2) is 42.1 Å². The summed E-state index contributed by atoms with van der Waals surface area (Å²) in [5.41, 5.74) is 1.31. The van der Waals surface area contributed by atoms with Crippen molar-refractivity contribution in [2.24, 2.45) is 5.92 Å². The highest BCUT2D eigenvalue weighted by atomic mass is 16.4. The summed E-state index contributed by atoms with van der Waals surface area (Å²) in [4.78, 5) is 36.5. The lowest BCUT2D eigenvalue weighted by Crippen LogP contribution is -2.38. The normalized spacial score (nSPS) is 23.7. The number of anilines is 1. The minimum atomic E-state index is -0.749. The Labute approximate surface area is 140 Å². The van der Waals surface area contributed by atoms with Gasteiger partial charge >= 0.3 is 12.0 Å². The Hall–Kier alpha value is -2.57. The van der Waals surface area contributed by atoms with E-state index in [0.717, 1.165) is 5.69 Å². The average Bonchev–Trinajstić information content (AvgIpc) is 3.01. The van der Waals surface area contributed by atoms with E-state index in [2.05, 4.69) is 10.6 Å². The van der Waals surface area contributed by atoms with E-state index in [4.69, 9.17) is 5.11 Å². The highest BCUT2D eigenvalue weighted by Crippen LogP contribution is 2.25. The molecule has 2 aliphatic rings. The van der Waals surface area contributed by atoms with Gasteiger partial charge in [-0.25, -0.2) is 4.79 Å². The van der Waals surface area contributed by atoms with Crippen molar-refractivity contribution in [3.8, 4) is 0 Å². The second kappa shape index (κ2) is 6.90. The third-order valence-electron chi connectivity index (χ3n) is 4.71. The van der Waals surface area contributed by atoms with Gasteiger partial charge in [-0.15, -0.1) is 0 Å². The molecule has 2 fully saturated rings. The number of nitrogens with one attached hydrogen (secondary N) is 2. The molecule has 1 saturated heterocycles. The van der Waals surface area contributed by atoms with Gasteiger partial charge in [-0.05, 0) is 49.9 Å². The van der Waals surface area contributed by atoms with Crippen molar-refractivity contribution in [1.29, 1.82) is 0 Å². The number of hydrogen-bond donors (Lipinski definition) is 3. The maximum Gasteiger partial charge on any atom is 0.321 e. The summed E-state index contributed by atoms with van der Waals surface area (Å²) in [6.07, 6.45) is 2.58. The quantitative estimate of drug-likeness (QED) is 0.780. The molecule has 1 heterocycles. The van der Waals surface area contributed by atoms with E-state index in [9.17, 15) is 14.4 Å². The fourth-order valence-corrected chi connectivity index (χ4v) is 3.26. The van der Waals surface area contributed by atoms with Crippen LogP contribution in [0.2, 0.25) is 0 Å². The van der Waals surface area contributed by atoms with Gasteiger partial charge in [-0.2, -0.15) is 0 Å². The Bertz CT molecular complexity index is 636. The first-order chi connectivity index (χ1) is 11.5. The maximum absolute atomic E-state index is 12.3. The first-order valence-corrected chi connectivity index (χ1v) is 8.23. The Kier molecular flexibility index (Phi) is 4.69. The molecule has 0 aromatic heterocycles. The number of amides is 3. The second-order valence-corrected chi connectivity index (χ2v) is 6.29. The molecule has 7 heteroatoms. The number of carboxylic acid groups (broad SMARTS) is 1. The smallest absolute Gasteiger partial charge is 0.321 e. The van der Waals surface area contributed by atoms with E-state index in [1.807, 2.05) is 0 Å². The zero-order valence-electron chi connectivity index (χ0n) is 13.3. The van der Waals surface area contributed by atoms with Crippen LogP contribution in [0.15, 0.2) is 24.3 Å². The van der Waals surface area contributed by atoms with Crippen molar-refractivity contribution in [3.05, 3.63) is 29.8 Å². The summed E-state index contributed by atoms with van der Waals surface area (Å²) in [7, 11) is 0. The number of benzene rings is 1.